The molecule has 0 aromatic heterocycles. The molecule has 68 valence electrons. The molecule has 0 aromatic carbocycles. The van der Waals surface area contributed by atoms with Crippen molar-refractivity contribution >= 4 is 11.6 Å². The minimum Gasteiger partial charge on any atom is -0.372 e. The van der Waals surface area contributed by atoms with E-state index in [0.29, 0.717) is 5.92 Å². The Kier molecular flexibility index (Phi) is 3.21. The largest absolute Gasteiger partial charge is 0.372 e. The van der Waals surface area contributed by atoms with Crippen LogP contribution in [0.5, 0.6) is 0 Å². The van der Waals surface area contributed by atoms with Gasteiger partial charge in [0.2, 0.25) is 0 Å². The van der Waals surface area contributed by atoms with E-state index >= 15 is 0 Å². The van der Waals surface area contributed by atoms with Crippen LogP contribution in [-0.2, 0) is 0 Å². The van der Waals surface area contributed by atoms with Crippen molar-refractivity contribution < 1.29 is 0 Å². The number of allylic oxidation sites excluding steroid dienone is 2. The molecule has 0 saturated carbocycles. The second-order valence-electron chi connectivity index (χ2n) is 3.79. The van der Waals surface area contributed by atoms with E-state index in [1.165, 1.54) is 5.57 Å². The molecule has 0 atom stereocenters. The molecule has 1 nitrogen and oxygen atoms in total. The van der Waals surface area contributed by atoms with E-state index in [9.17, 15) is 0 Å². The molecule has 1 rings (SSSR count). The third kappa shape index (κ3) is 2.90. The molecule has 0 saturated heterocycles. The van der Waals surface area contributed by atoms with Gasteiger partial charge in [0.15, 0.2) is 0 Å². The maximum Gasteiger partial charge on any atom is 0.0531 e. The van der Waals surface area contributed by atoms with Crippen molar-refractivity contribution in [2.75, 3.05) is 13.1 Å². The first-order valence-electron chi connectivity index (χ1n) is 4.36. The van der Waals surface area contributed by atoms with E-state index in [1.54, 1.807) is 0 Å². The van der Waals surface area contributed by atoms with Crippen LogP contribution in [0.15, 0.2) is 22.9 Å². The van der Waals surface area contributed by atoms with Crippen LogP contribution in [0.4, 0.5) is 0 Å². The normalized spacial score (nSPS) is 17.9. The van der Waals surface area contributed by atoms with Gasteiger partial charge in [-0.15, -0.1) is 0 Å². The molecule has 12 heavy (non-hydrogen) atoms. The van der Waals surface area contributed by atoms with Gasteiger partial charge in [-0.1, -0.05) is 25.4 Å². The molecular weight excluding hydrogens is 170 g/mol. The first-order valence-corrected chi connectivity index (χ1v) is 4.74. The SMILES string of the molecule is CC1=CN(CC(C)C)CC(Cl)=C1. The molecule has 1 aliphatic rings. The fourth-order valence-electron chi connectivity index (χ4n) is 1.44. The van der Waals surface area contributed by atoms with Crippen LogP contribution in [0.2, 0.25) is 0 Å². The molecule has 0 unspecified atom stereocenters. The molecule has 0 amide bonds. The topological polar surface area (TPSA) is 3.24 Å². The van der Waals surface area contributed by atoms with E-state index in [1.807, 2.05) is 6.08 Å². The highest BCUT2D eigenvalue weighted by molar-refractivity contribution is 6.30. The van der Waals surface area contributed by atoms with Crippen molar-refractivity contribution in [1.82, 2.24) is 4.90 Å². The number of hydrogen-bond donors (Lipinski definition) is 0. The molecule has 0 N–H and O–H groups in total. The van der Waals surface area contributed by atoms with Crippen molar-refractivity contribution in [3.8, 4) is 0 Å². The average molecular weight is 186 g/mol. The molecule has 1 heterocycles. The van der Waals surface area contributed by atoms with E-state index in [2.05, 4.69) is 31.9 Å². The lowest BCUT2D eigenvalue weighted by molar-refractivity contribution is 0.352. The fourth-order valence-corrected chi connectivity index (χ4v) is 1.77. The highest BCUT2D eigenvalue weighted by Gasteiger charge is 2.09. The van der Waals surface area contributed by atoms with E-state index in [0.717, 1.165) is 18.1 Å². The molecule has 0 aliphatic carbocycles. The predicted molar refractivity (Wildman–Crippen MR) is 54.1 cm³/mol. The zero-order valence-electron chi connectivity index (χ0n) is 7.97. The molecule has 1 aliphatic heterocycles. The second kappa shape index (κ2) is 3.99. The van der Waals surface area contributed by atoms with Gasteiger partial charge < -0.3 is 4.90 Å². The first-order chi connectivity index (χ1) is 5.58. The van der Waals surface area contributed by atoms with Crippen molar-refractivity contribution in [2.24, 2.45) is 5.92 Å². The Labute approximate surface area is 79.7 Å². The Morgan fingerprint density at radius 2 is 2.25 bits per heavy atom. The van der Waals surface area contributed by atoms with Gasteiger partial charge in [-0.25, -0.2) is 0 Å². The minimum absolute atomic E-state index is 0.691. The van der Waals surface area contributed by atoms with Gasteiger partial charge in [0.1, 0.15) is 0 Å². The Morgan fingerprint density at radius 3 is 2.75 bits per heavy atom. The third-order valence-electron chi connectivity index (χ3n) is 1.72. The minimum atomic E-state index is 0.691. The third-order valence-corrected chi connectivity index (χ3v) is 1.95. The van der Waals surface area contributed by atoms with Crippen molar-refractivity contribution in [1.29, 1.82) is 0 Å². The quantitative estimate of drug-likeness (QED) is 0.640. The highest BCUT2D eigenvalue weighted by Crippen LogP contribution is 2.16. The Morgan fingerprint density at radius 1 is 1.58 bits per heavy atom. The van der Waals surface area contributed by atoms with E-state index in [-0.39, 0.29) is 0 Å². The maximum absolute atomic E-state index is 5.97. The lowest BCUT2D eigenvalue weighted by Gasteiger charge is -2.25. The van der Waals surface area contributed by atoms with Crippen molar-refractivity contribution in [3.05, 3.63) is 22.9 Å². The summed E-state index contributed by atoms with van der Waals surface area (Å²) in [4.78, 5) is 2.27. The smallest absolute Gasteiger partial charge is 0.0531 e. The van der Waals surface area contributed by atoms with E-state index < -0.39 is 0 Å². The van der Waals surface area contributed by atoms with Crippen molar-refractivity contribution in [3.63, 3.8) is 0 Å². The molecular formula is C10H16ClN. The molecule has 2 heteroatoms. The van der Waals surface area contributed by atoms with Crippen molar-refractivity contribution in [2.45, 2.75) is 20.8 Å². The Bertz CT molecular complexity index is 216. The van der Waals surface area contributed by atoms with Crippen LogP contribution in [0.1, 0.15) is 20.8 Å². The zero-order valence-corrected chi connectivity index (χ0v) is 8.73. The molecule has 0 bridgehead atoms. The number of hydrogen-bond acceptors (Lipinski definition) is 1. The predicted octanol–water partition coefficient (Wildman–Crippen LogP) is 2.98. The monoisotopic (exact) mass is 185 g/mol. The van der Waals surface area contributed by atoms with Crippen LogP contribution in [0.25, 0.3) is 0 Å². The van der Waals surface area contributed by atoms with Gasteiger partial charge in [0, 0.05) is 17.8 Å². The lowest BCUT2D eigenvalue weighted by Crippen LogP contribution is -2.25. The summed E-state index contributed by atoms with van der Waals surface area (Å²) in [5, 5.41) is 0.940. The van der Waals surface area contributed by atoms with Gasteiger partial charge in [-0.3, -0.25) is 0 Å². The Hall–Kier alpha value is -0.430. The number of nitrogens with zero attached hydrogens (tertiary/aromatic N) is 1. The summed E-state index contributed by atoms with van der Waals surface area (Å²) in [5.74, 6) is 0.691. The van der Waals surface area contributed by atoms with Gasteiger partial charge in [0.25, 0.3) is 0 Å². The summed E-state index contributed by atoms with van der Waals surface area (Å²) < 4.78 is 0. The summed E-state index contributed by atoms with van der Waals surface area (Å²) in [7, 11) is 0. The van der Waals surface area contributed by atoms with Crippen LogP contribution < -0.4 is 0 Å². The summed E-state index contributed by atoms with van der Waals surface area (Å²) in [6, 6.07) is 0. The maximum atomic E-state index is 5.97. The van der Waals surface area contributed by atoms with E-state index in [4.69, 9.17) is 11.6 Å². The lowest BCUT2D eigenvalue weighted by atomic mass is 10.1. The molecule has 0 fully saturated rings. The standard InChI is InChI=1S/C10H16ClN/c1-8(2)5-12-6-9(3)4-10(11)7-12/h4,6,8H,5,7H2,1-3H3. The van der Waals surface area contributed by atoms with Gasteiger partial charge in [-0.2, -0.15) is 0 Å². The molecule has 0 aromatic rings. The molecule has 0 radical (unpaired) electrons. The van der Waals surface area contributed by atoms with Gasteiger partial charge >= 0.3 is 0 Å². The zero-order chi connectivity index (χ0) is 9.14. The van der Waals surface area contributed by atoms with Crippen LogP contribution in [-0.4, -0.2) is 18.0 Å². The van der Waals surface area contributed by atoms with Crippen LogP contribution in [0.3, 0.4) is 0 Å². The average Bonchev–Trinajstić information content (AvgIpc) is 1.81. The van der Waals surface area contributed by atoms with Gasteiger partial charge in [-0.05, 0) is 24.5 Å². The molecule has 0 spiro atoms. The Balaban J connectivity index is 2.55. The number of halogens is 1. The highest BCUT2D eigenvalue weighted by atomic mass is 35.5. The van der Waals surface area contributed by atoms with Crippen LogP contribution >= 0.6 is 11.6 Å². The first kappa shape index (κ1) is 9.66. The fraction of sp³-hybridized carbons (Fsp3) is 0.600. The summed E-state index contributed by atoms with van der Waals surface area (Å²) >= 11 is 5.97. The number of rotatable bonds is 2. The second-order valence-corrected chi connectivity index (χ2v) is 4.27. The summed E-state index contributed by atoms with van der Waals surface area (Å²) in [5.41, 5.74) is 1.24. The summed E-state index contributed by atoms with van der Waals surface area (Å²) in [6.07, 6.45) is 4.20. The van der Waals surface area contributed by atoms with Gasteiger partial charge in [0.05, 0.1) is 6.54 Å². The summed E-state index contributed by atoms with van der Waals surface area (Å²) in [6.45, 7) is 8.47. The van der Waals surface area contributed by atoms with Crippen LogP contribution in [0, 0.1) is 5.92 Å².